The van der Waals surface area contributed by atoms with Crippen molar-refractivity contribution in [1.29, 1.82) is 0 Å². The molecular formula is C24H26FN5O2. The first kappa shape index (κ1) is 21.5. The first-order valence-electron chi connectivity index (χ1n) is 10.6. The predicted molar refractivity (Wildman–Crippen MR) is 123 cm³/mol. The number of nitrogens with zero attached hydrogens (tertiary/aromatic N) is 4. The van der Waals surface area contributed by atoms with Crippen molar-refractivity contribution in [2.45, 2.75) is 26.8 Å². The Hall–Kier alpha value is -3.68. The van der Waals surface area contributed by atoms with Gasteiger partial charge in [-0.25, -0.2) is 18.7 Å². The molecule has 1 N–H and O–H groups in total. The molecule has 0 saturated heterocycles. The van der Waals surface area contributed by atoms with Gasteiger partial charge in [-0.3, -0.25) is 4.57 Å². The van der Waals surface area contributed by atoms with E-state index in [0.29, 0.717) is 53.6 Å². The number of imidazole rings is 1. The van der Waals surface area contributed by atoms with Crippen LogP contribution < -0.4 is 15.7 Å². The van der Waals surface area contributed by atoms with Crippen LogP contribution in [0.5, 0.6) is 5.75 Å². The Morgan fingerprint density at radius 3 is 2.72 bits per heavy atom. The summed E-state index contributed by atoms with van der Waals surface area (Å²) in [6.07, 6.45) is 2.15. The highest BCUT2D eigenvalue weighted by Gasteiger charge is 2.18. The van der Waals surface area contributed by atoms with Gasteiger partial charge in [-0.1, -0.05) is 38.1 Å². The molecule has 0 unspecified atom stereocenters. The van der Waals surface area contributed by atoms with E-state index in [2.05, 4.69) is 29.1 Å². The van der Waals surface area contributed by atoms with E-state index in [1.54, 1.807) is 40.6 Å². The Morgan fingerprint density at radius 1 is 1.16 bits per heavy atom. The van der Waals surface area contributed by atoms with Gasteiger partial charge >= 0.3 is 5.69 Å². The molecule has 0 amide bonds. The van der Waals surface area contributed by atoms with Crippen LogP contribution in [0.4, 0.5) is 10.3 Å². The zero-order chi connectivity index (χ0) is 22.7. The third-order valence-corrected chi connectivity index (χ3v) is 5.17. The smallest absolute Gasteiger partial charge is 0.335 e. The zero-order valence-electron chi connectivity index (χ0n) is 18.4. The number of nitrogens with one attached hydrogen (secondary N) is 1. The Labute approximate surface area is 185 Å². The molecule has 4 aromatic rings. The molecule has 0 spiro atoms. The molecule has 0 aliphatic heterocycles. The number of benzene rings is 2. The lowest BCUT2D eigenvalue weighted by Gasteiger charge is -2.08. The van der Waals surface area contributed by atoms with Gasteiger partial charge in [-0.05, 0) is 36.1 Å². The first-order valence-corrected chi connectivity index (χ1v) is 10.6. The summed E-state index contributed by atoms with van der Waals surface area (Å²) in [6, 6.07) is 14.0. The standard InChI is InChI=1S/C24H26FN5O2/c1-16(2)15-29-21-14-27-23(26-12-11-17-7-4-5-10-20(17)25)28-22(21)30(24(29)31)18-8-6-9-19(13-18)32-3/h4-10,13-14,16H,11-12,15H2,1-3H3,(H,26,27,28). The van der Waals surface area contributed by atoms with Crippen molar-refractivity contribution >= 4 is 17.1 Å². The molecule has 0 aliphatic rings. The highest BCUT2D eigenvalue weighted by Crippen LogP contribution is 2.21. The summed E-state index contributed by atoms with van der Waals surface area (Å²) in [5.41, 5.74) is 2.27. The molecule has 0 fully saturated rings. The second-order valence-electron chi connectivity index (χ2n) is 7.99. The number of anilines is 1. The molecule has 8 heteroatoms. The fourth-order valence-electron chi connectivity index (χ4n) is 3.65. The van der Waals surface area contributed by atoms with E-state index in [4.69, 9.17) is 4.74 Å². The maximum atomic E-state index is 13.9. The maximum absolute atomic E-state index is 13.9. The van der Waals surface area contributed by atoms with Crippen molar-refractivity contribution < 1.29 is 9.13 Å². The molecule has 2 aromatic heterocycles. The second-order valence-corrected chi connectivity index (χ2v) is 7.99. The van der Waals surface area contributed by atoms with Crippen LogP contribution in [0.2, 0.25) is 0 Å². The minimum absolute atomic E-state index is 0.181. The lowest BCUT2D eigenvalue weighted by atomic mass is 10.1. The largest absolute Gasteiger partial charge is 0.497 e. The van der Waals surface area contributed by atoms with Gasteiger partial charge in [-0.15, -0.1) is 0 Å². The minimum atomic E-state index is -0.233. The molecule has 166 valence electrons. The second kappa shape index (κ2) is 9.21. The molecule has 0 bridgehead atoms. The number of ether oxygens (including phenoxy) is 1. The summed E-state index contributed by atoms with van der Waals surface area (Å²) < 4.78 is 22.5. The number of fused-ring (bicyclic) bond motifs is 1. The lowest BCUT2D eigenvalue weighted by Crippen LogP contribution is -2.25. The number of aromatic nitrogens is 4. The third-order valence-electron chi connectivity index (χ3n) is 5.17. The van der Waals surface area contributed by atoms with Crippen molar-refractivity contribution in [2.24, 2.45) is 5.92 Å². The molecule has 32 heavy (non-hydrogen) atoms. The van der Waals surface area contributed by atoms with Crippen LogP contribution in [0.15, 0.2) is 59.5 Å². The summed E-state index contributed by atoms with van der Waals surface area (Å²) >= 11 is 0. The molecule has 2 aromatic carbocycles. The molecule has 7 nitrogen and oxygen atoms in total. The predicted octanol–water partition coefficient (Wildman–Crippen LogP) is 4.04. The molecule has 0 atom stereocenters. The quantitative estimate of drug-likeness (QED) is 0.452. The number of hydrogen-bond donors (Lipinski definition) is 1. The summed E-state index contributed by atoms with van der Waals surface area (Å²) in [5, 5.41) is 3.15. The van der Waals surface area contributed by atoms with Crippen molar-refractivity contribution in [2.75, 3.05) is 19.0 Å². The minimum Gasteiger partial charge on any atom is -0.497 e. The van der Waals surface area contributed by atoms with Crippen LogP contribution in [0.1, 0.15) is 19.4 Å². The topological polar surface area (TPSA) is 74.0 Å². The van der Waals surface area contributed by atoms with E-state index < -0.39 is 0 Å². The summed E-state index contributed by atoms with van der Waals surface area (Å²) in [7, 11) is 1.59. The fourth-order valence-corrected chi connectivity index (χ4v) is 3.65. The van der Waals surface area contributed by atoms with E-state index in [9.17, 15) is 9.18 Å². The van der Waals surface area contributed by atoms with E-state index in [1.165, 1.54) is 6.07 Å². The van der Waals surface area contributed by atoms with E-state index >= 15 is 0 Å². The van der Waals surface area contributed by atoms with Crippen LogP contribution in [0.25, 0.3) is 16.9 Å². The molecule has 0 saturated carbocycles. The number of rotatable bonds is 8. The number of methoxy groups -OCH3 is 1. The fraction of sp³-hybridized carbons (Fsp3) is 0.292. The van der Waals surface area contributed by atoms with Gasteiger partial charge in [0.15, 0.2) is 5.65 Å². The average Bonchev–Trinajstić information content (AvgIpc) is 3.05. The van der Waals surface area contributed by atoms with Crippen LogP contribution >= 0.6 is 0 Å². The van der Waals surface area contributed by atoms with Crippen molar-refractivity contribution in [3.8, 4) is 11.4 Å². The van der Waals surface area contributed by atoms with Gasteiger partial charge in [0.05, 0.1) is 19.0 Å². The van der Waals surface area contributed by atoms with E-state index in [0.717, 1.165) is 0 Å². The van der Waals surface area contributed by atoms with Gasteiger partial charge in [0.1, 0.15) is 17.1 Å². The van der Waals surface area contributed by atoms with Crippen LogP contribution in [0, 0.1) is 11.7 Å². The summed E-state index contributed by atoms with van der Waals surface area (Å²) in [6.45, 7) is 5.12. The van der Waals surface area contributed by atoms with Crippen LogP contribution in [-0.4, -0.2) is 32.8 Å². The van der Waals surface area contributed by atoms with Gasteiger partial charge < -0.3 is 10.1 Å². The highest BCUT2D eigenvalue weighted by molar-refractivity contribution is 5.74. The van der Waals surface area contributed by atoms with E-state index in [1.807, 2.05) is 24.3 Å². The van der Waals surface area contributed by atoms with E-state index in [-0.39, 0.29) is 17.4 Å². The highest BCUT2D eigenvalue weighted by atomic mass is 19.1. The molecule has 0 aliphatic carbocycles. The molecule has 0 radical (unpaired) electrons. The number of hydrogen-bond acceptors (Lipinski definition) is 5. The summed E-state index contributed by atoms with van der Waals surface area (Å²) in [4.78, 5) is 22.4. The average molecular weight is 436 g/mol. The zero-order valence-corrected chi connectivity index (χ0v) is 18.4. The van der Waals surface area contributed by atoms with Gasteiger partial charge in [0.25, 0.3) is 0 Å². The van der Waals surface area contributed by atoms with Crippen molar-refractivity contribution in [3.05, 3.63) is 76.6 Å². The van der Waals surface area contributed by atoms with Crippen LogP contribution in [0.3, 0.4) is 0 Å². The molecule has 4 rings (SSSR count). The van der Waals surface area contributed by atoms with Crippen molar-refractivity contribution in [1.82, 2.24) is 19.1 Å². The molecular weight excluding hydrogens is 409 g/mol. The van der Waals surface area contributed by atoms with Gasteiger partial charge in [-0.2, -0.15) is 4.98 Å². The van der Waals surface area contributed by atoms with Crippen LogP contribution in [-0.2, 0) is 13.0 Å². The van der Waals surface area contributed by atoms with Gasteiger partial charge in [0.2, 0.25) is 5.95 Å². The lowest BCUT2D eigenvalue weighted by molar-refractivity contribution is 0.414. The monoisotopic (exact) mass is 435 g/mol. The Morgan fingerprint density at radius 2 is 1.97 bits per heavy atom. The Kier molecular flexibility index (Phi) is 6.20. The molecule has 2 heterocycles. The Balaban J connectivity index is 1.71. The first-order chi connectivity index (χ1) is 15.5. The summed E-state index contributed by atoms with van der Waals surface area (Å²) in [5.74, 6) is 1.07. The normalized spacial score (nSPS) is 11.3. The number of halogens is 1. The third kappa shape index (κ3) is 4.34. The van der Waals surface area contributed by atoms with Crippen molar-refractivity contribution in [3.63, 3.8) is 0 Å². The SMILES string of the molecule is COc1cccc(-n2c(=O)n(CC(C)C)c3cnc(NCCc4ccccc4F)nc32)c1. The van der Waals surface area contributed by atoms with Gasteiger partial charge in [0, 0.05) is 19.2 Å². The maximum Gasteiger partial charge on any atom is 0.335 e. The Bertz CT molecular complexity index is 1300.